The first-order valence-corrected chi connectivity index (χ1v) is 10.8. The van der Waals surface area contributed by atoms with Gasteiger partial charge in [-0.1, -0.05) is 19.8 Å². The van der Waals surface area contributed by atoms with E-state index in [-0.39, 0.29) is 22.6 Å². The molecule has 0 spiro atoms. The average molecular weight is 407 g/mol. The van der Waals surface area contributed by atoms with Crippen molar-refractivity contribution >= 4 is 15.9 Å². The summed E-state index contributed by atoms with van der Waals surface area (Å²) in [7, 11) is -0.951. The number of benzene rings is 1. The van der Waals surface area contributed by atoms with Gasteiger partial charge in [0, 0.05) is 11.6 Å². The number of sulfonamides is 1. The van der Waals surface area contributed by atoms with Crippen LogP contribution in [0.4, 0.5) is 0 Å². The summed E-state index contributed by atoms with van der Waals surface area (Å²) in [6.07, 6.45) is 4.43. The number of aromatic nitrogens is 2. The number of nitrogens with one attached hydrogen (secondary N) is 3. The fourth-order valence-corrected chi connectivity index (χ4v) is 4.44. The molecule has 1 saturated carbocycles. The van der Waals surface area contributed by atoms with Gasteiger partial charge in [0.1, 0.15) is 16.3 Å². The highest BCUT2D eigenvalue weighted by Gasteiger charge is 2.24. The molecule has 0 bridgehead atoms. The number of H-pyrrole nitrogens is 1. The molecule has 1 aliphatic rings. The van der Waals surface area contributed by atoms with Gasteiger partial charge in [-0.2, -0.15) is 5.10 Å². The summed E-state index contributed by atoms with van der Waals surface area (Å²) in [6, 6.07) is 6.54. The Hall–Kier alpha value is -2.39. The number of methoxy groups -OCH3 is 1. The Morgan fingerprint density at radius 1 is 1.25 bits per heavy atom. The Morgan fingerprint density at radius 3 is 2.68 bits per heavy atom. The Morgan fingerprint density at radius 2 is 2.00 bits per heavy atom. The Labute approximate surface area is 165 Å². The van der Waals surface area contributed by atoms with Crippen molar-refractivity contribution in [3.05, 3.63) is 30.0 Å². The molecule has 0 aliphatic heterocycles. The molecule has 3 N–H and O–H groups in total. The summed E-state index contributed by atoms with van der Waals surface area (Å²) >= 11 is 0. The lowest BCUT2D eigenvalue weighted by Crippen LogP contribution is -2.41. The first-order valence-electron chi connectivity index (χ1n) is 9.34. The molecule has 9 heteroatoms. The van der Waals surface area contributed by atoms with Crippen LogP contribution in [0.15, 0.2) is 29.2 Å². The summed E-state index contributed by atoms with van der Waals surface area (Å²) in [5, 5.41) is 10.0. The maximum atomic E-state index is 12.6. The zero-order valence-corrected chi connectivity index (χ0v) is 17.1. The van der Waals surface area contributed by atoms with Gasteiger partial charge in [0.2, 0.25) is 10.0 Å². The van der Waals surface area contributed by atoms with Gasteiger partial charge in [0.15, 0.2) is 0 Å². The molecular weight excluding hydrogens is 380 g/mol. The topological polar surface area (TPSA) is 113 Å². The highest BCUT2D eigenvalue weighted by molar-refractivity contribution is 7.89. The molecule has 0 unspecified atom stereocenters. The second-order valence-corrected chi connectivity index (χ2v) is 8.94. The van der Waals surface area contributed by atoms with E-state index in [1.54, 1.807) is 18.2 Å². The average Bonchev–Trinajstić information content (AvgIpc) is 3.19. The van der Waals surface area contributed by atoms with E-state index in [1.165, 1.54) is 26.6 Å². The van der Waals surface area contributed by atoms with Crippen LogP contribution in [0.1, 0.15) is 43.1 Å². The highest BCUT2D eigenvalue weighted by Crippen LogP contribution is 2.29. The Balaban J connectivity index is 1.83. The monoisotopic (exact) mass is 406 g/mol. The number of rotatable bonds is 6. The molecule has 8 nitrogen and oxygen atoms in total. The van der Waals surface area contributed by atoms with Gasteiger partial charge in [0.25, 0.3) is 5.91 Å². The largest absolute Gasteiger partial charge is 0.495 e. The SMILES string of the molecule is CNS(=O)(=O)c1cc(-c2cc(C(=O)N[C@@H]3CCCC[C@H]3C)[nH]n2)ccc1OC. The lowest BCUT2D eigenvalue weighted by atomic mass is 9.86. The van der Waals surface area contributed by atoms with Crippen LogP contribution in [0.5, 0.6) is 5.75 Å². The number of ether oxygens (including phenoxy) is 1. The minimum atomic E-state index is -3.70. The maximum absolute atomic E-state index is 12.6. The van der Waals surface area contributed by atoms with E-state index >= 15 is 0 Å². The fourth-order valence-electron chi connectivity index (χ4n) is 3.52. The predicted octanol–water partition coefficient (Wildman–Crippen LogP) is 2.30. The molecule has 2 atom stereocenters. The summed E-state index contributed by atoms with van der Waals surface area (Å²) in [5.41, 5.74) is 1.40. The molecule has 0 saturated heterocycles. The molecule has 1 aromatic heterocycles. The minimum absolute atomic E-state index is 0.0139. The molecule has 3 rings (SSSR count). The first-order chi connectivity index (χ1) is 13.4. The molecule has 28 heavy (non-hydrogen) atoms. The summed E-state index contributed by atoms with van der Waals surface area (Å²) < 4.78 is 31.9. The van der Waals surface area contributed by atoms with Crippen LogP contribution in [0.25, 0.3) is 11.3 Å². The third-order valence-corrected chi connectivity index (χ3v) is 6.70. The highest BCUT2D eigenvalue weighted by atomic mass is 32.2. The zero-order chi connectivity index (χ0) is 20.3. The number of aromatic amines is 1. The second-order valence-electron chi connectivity index (χ2n) is 7.08. The number of amides is 1. The normalized spacial score (nSPS) is 20.0. The molecule has 0 radical (unpaired) electrons. The lowest BCUT2D eigenvalue weighted by molar-refractivity contribution is 0.0905. The Bertz CT molecular complexity index is 955. The van der Waals surface area contributed by atoms with Crippen LogP contribution >= 0.6 is 0 Å². The molecule has 152 valence electrons. The van der Waals surface area contributed by atoms with Crippen LogP contribution < -0.4 is 14.8 Å². The Kier molecular flexibility index (Phi) is 6.04. The minimum Gasteiger partial charge on any atom is -0.495 e. The number of hydrogen-bond donors (Lipinski definition) is 3. The number of carbonyl (C=O) groups is 1. The van der Waals surface area contributed by atoms with Gasteiger partial charge in [-0.3, -0.25) is 9.89 Å². The van der Waals surface area contributed by atoms with Crippen LogP contribution in [0, 0.1) is 5.92 Å². The summed E-state index contributed by atoms with van der Waals surface area (Å²) in [6.45, 7) is 2.16. The van der Waals surface area contributed by atoms with Crippen LogP contribution in [0.2, 0.25) is 0 Å². The van der Waals surface area contributed by atoms with E-state index in [2.05, 4.69) is 27.2 Å². The summed E-state index contributed by atoms with van der Waals surface area (Å²) in [5.74, 6) is 0.489. The van der Waals surface area contributed by atoms with Crippen LogP contribution in [-0.4, -0.2) is 44.7 Å². The van der Waals surface area contributed by atoms with E-state index in [1.807, 2.05) is 0 Å². The number of carbonyl (C=O) groups excluding carboxylic acids is 1. The summed E-state index contributed by atoms with van der Waals surface area (Å²) in [4.78, 5) is 12.6. The van der Waals surface area contributed by atoms with E-state index in [0.29, 0.717) is 22.9 Å². The van der Waals surface area contributed by atoms with Gasteiger partial charge >= 0.3 is 0 Å². The second kappa shape index (κ2) is 8.32. The van der Waals surface area contributed by atoms with Gasteiger partial charge < -0.3 is 10.1 Å². The molecule has 2 aromatic rings. The molecule has 1 aromatic carbocycles. The fraction of sp³-hybridized carbons (Fsp3) is 0.474. The molecule has 1 aliphatic carbocycles. The maximum Gasteiger partial charge on any atom is 0.269 e. The smallest absolute Gasteiger partial charge is 0.269 e. The standard InChI is InChI=1S/C19H26N4O4S/c1-12-6-4-5-7-14(12)21-19(24)16-11-15(22-23-16)13-8-9-17(27-3)18(10-13)28(25,26)20-2/h8-12,14,20H,4-7H2,1-3H3,(H,21,24)(H,22,23)/t12-,14-/m1/s1. The van der Waals surface area contributed by atoms with E-state index < -0.39 is 10.0 Å². The van der Waals surface area contributed by atoms with Crippen molar-refractivity contribution in [2.75, 3.05) is 14.2 Å². The first kappa shape index (κ1) is 20.3. The number of nitrogens with zero attached hydrogens (tertiary/aromatic N) is 1. The van der Waals surface area contributed by atoms with Crippen molar-refractivity contribution in [2.24, 2.45) is 5.92 Å². The van der Waals surface area contributed by atoms with E-state index in [0.717, 1.165) is 19.3 Å². The lowest BCUT2D eigenvalue weighted by Gasteiger charge is -2.29. The van der Waals surface area contributed by atoms with Gasteiger partial charge in [-0.05, 0) is 50.1 Å². The van der Waals surface area contributed by atoms with Crippen molar-refractivity contribution in [3.8, 4) is 17.0 Å². The molecule has 1 amide bonds. The quantitative estimate of drug-likeness (QED) is 0.681. The molecule has 1 heterocycles. The van der Waals surface area contributed by atoms with Crippen molar-refractivity contribution < 1.29 is 17.9 Å². The van der Waals surface area contributed by atoms with E-state index in [9.17, 15) is 13.2 Å². The van der Waals surface area contributed by atoms with Crippen LogP contribution in [0.3, 0.4) is 0 Å². The van der Waals surface area contributed by atoms with E-state index in [4.69, 9.17) is 4.74 Å². The van der Waals surface area contributed by atoms with Gasteiger partial charge in [0.05, 0.1) is 12.8 Å². The van der Waals surface area contributed by atoms with Crippen molar-refractivity contribution in [3.63, 3.8) is 0 Å². The number of hydrogen-bond acceptors (Lipinski definition) is 5. The third kappa shape index (κ3) is 4.20. The molecule has 1 fully saturated rings. The van der Waals surface area contributed by atoms with Gasteiger partial charge in [-0.15, -0.1) is 0 Å². The molecular formula is C19H26N4O4S. The zero-order valence-electron chi connectivity index (χ0n) is 16.3. The van der Waals surface area contributed by atoms with Crippen molar-refractivity contribution in [1.29, 1.82) is 0 Å². The van der Waals surface area contributed by atoms with Crippen LogP contribution in [-0.2, 0) is 10.0 Å². The van der Waals surface area contributed by atoms with Crippen molar-refractivity contribution in [1.82, 2.24) is 20.2 Å². The third-order valence-electron chi connectivity index (χ3n) is 5.27. The predicted molar refractivity (Wildman–Crippen MR) is 106 cm³/mol. The van der Waals surface area contributed by atoms with Crippen molar-refractivity contribution in [2.45, 2.75) is 43.5 Å². The van der Waals surface area contributed by atoms with Gasteiger partial charge in [-0.25, -0.2) is 13.1 Å².